The summed E-state index contributed by atoms with van der Waals surface area (Å²) in [5.74, 6) is 0.938. The lowest BCUT2D eigenvalue weighted by molar-refractivity contribution is -0.117. The lowest BCUT2D eigenvalue weighted by Gasteiger charge is -2.08. The van der Waals surface area contributed by atoms with Crippen LogP contribution in [0.1, 0.15) is 16.7 Å². The molecule has 4 heteroatoms. The summed E-state index contributed by atoms with van der Waals surface area (Å²) in [6, 6.07) is 13.5. The SMILES string of the molecule is COc1ccc(CC(=O)Cc2ccccc2CN)cc1Br. The molecule has 0 saturated carbocycles. The number of benzene rings is 2. The van der Waals surface area contributed by atoms with Gasteiger partial charge in [0.1, 0.15) is 11.5 Å². The van der Waals surface area contributed by atoms with E-state index in [0.717, 1.165) is 26.9 Å². The highest BCUT2D eigenvalue weighted by molar-refractivity contribution is 9.10. The zero-order valence-electron chi connectivity index (χ0n) is 11.9. The summed E-state index contributed by atoms with van der Waals surface area (Å²) in [7, 11) is 1.62. The summed E-state index contributed by atoms with van der Waals surface area (Å²) in [4.78, 5) is 12.2. The number of hydrogen-bond acceptors (Lipinski definition) is 3. The van der Waals surface area contributed by atoms with Crippen molar-refractivity contribution >= 4 is 21.7 Å². The number of methoxy groups -OCH3 is 1. The fraction of sp³-hybridized carbons (Fsp3) is 0.235. The maximum Gasteiger partial charge on any atom is 0.141 e. The smallest absolute Gasteiger partial charge is 0.141 e. The van der Waals surface area contributed by atoms with Crippen LogP contribution in [0.25, 0.3) is 0 Å². The molecule has 0 atom stereocenters. The maximum absolute atomic E-state index is 12.2. The molecule has 0 unspecified atom stereocenters. The molecule has 0 spiro atoms. The largest absolute Gasteiger partial charge is 0.496 e. The Morgan fingerprint density at radius 3 is 2.48 bits per heavy atom. The third kappa shape index (κ3) is 4.16. The van der Waals surface area contributed by atoms with Gasteiger partial charge in [-0.25, -0.2) is 0 Å². The number of nitrogens with two attached hydrogens (primary N) is 1. The van der Waals surface area contributed by atoms with E-state index in [-0.39, 0.29) is 5.78 Å². The normalized spacial score (nSPS) is 10.4. The lowest BCUT2D eigenvalue weighted by Crippen LogP contribution is -2.10. The summed E-state index contributed by atoms with van der Waals surface area (Å²) < 4.78 is 6.04. The minimum atomic E-state index is 0.174. The van der Waals surface area contributed by atoms with E-state index >= 15 is 0 Å². The number of Topliss-reactive ketones (excluding diaryl/α,β-unsaturated/α-hetero) is 1. The minimum Gasteiger partial charge on any atom is -0.496 e. The van der Waals surface area contributed by atoms with Crippen molar-refractivity contribution in [2.45, 2.75) is 19.4 Å². The van der Waals surface area contributed by atoms with Gasteiger partial charge in [0.2, 0.25) is 0 Å². The Labute approximate surface area is 133 Å². The van der Waals surface area contributed by atoms with Crippen molar-refractivity contribution in [3.05, 3.63) is 63.6 Å². The van der Waals surface area contributed by atoms with Gasteiger partial charge in [0, 0.05) is 19.4 Å². The maximum atomic E-state index is 12.2. The van der Waals surface area contributed by atoms with Gasteiger partial charge in [-0.15, -0.1) is 0 Å². The summed E-state index contributed by atoms with van der Waals surface area (Å²) in [6.45, 7) is 0.456. The Morgan fingerprint density at radius 1 is 1.14 bits per heavy atom. The van der Waals surface area contributed by atoms with E-state index in [1.807, 2.05) is 42.5 Å². The summed E-state index contributed by atoms with van der Waals surface area (Å²) in [5.41, 5.74) is 8.71. The van der Waals surface area contributed by atoms with Gasteiger partial charge >= 0.3 is 0 Å². The molecule has 0 radical (unpaired) electrons. The van der Waals surface area contributed by atoms with E-state index in [0.29, 0.717) is 19.4 Å². The second-order valence-corrected chi connectivity index (χ2v) is 5.69. The van der Waals surface area contributed by atoms with E-state index in [1.165, 1.54) is 0 Å². The van der Waals surface area contributed by atoms with Gasteiger partial charge in [-0.05, 0) is 44.8 Å². The van der Waals surface area contributed by atoms with Crippen molar-refractivity contribution in [2.75, 3.05) is 7.11 Å². The van der Waals surface area contributed by atoms with Crippen molar-refractivity contribution in [1.82, 2.24) is 0 Å². The quantitative estimate of drug-likeness (QED) is 0.872. The molecule has 0 fully saturated rings. The monoisotopic (exact) mass is 347 g/mol. The first kappa shape index (κ1) is 15.7. The predicted octanol–water partition coefficient (Wildman–Crippen LogP) is 3.27. The summed E-state index contributed by atoms with van der Waals surface area (Å²) in [5, 5.41) is 0. The Hall–Kier alpha value is -1.65. The minimum absolute atomic E-state index is 0.174. The molecule has 0 heterocycles. The Morgan fingerprint density at radius 2 is 1.86 bits per heavy atom. The number of carbonyl (C=O) groups excluding carboxylic acids is 1. The molecule has 0 aromatic heterocycles. The summed E-state index contributed by atoms with van der Waals surface area (Å²) >= 11 is 3.43. The zero-order chi connectivity index (χ0) is 15.2. The number of halogens is 1. The highest BCUT2D eigenvalue weighted by Gasteiger charge is 2.09. The number of ether oxygens (including phenoxy) is 1. The van der Waals surface area contributed by atoms with Crippen LogP contribution in [0, 0.1) is 0 Å². The van der Waals surface area contributed by atoms with Crippen LogP contribution in [0.2, 0.25) is 0 Å². The molecule has 21 heavy (non-hydrogen) atoms. The second-order valence-electron chi connectivity index (χ2n) is 4.83. The third-order valence-electron chi connectivity index (χ3n) is 3.34. The van der Waals surface area contributed by atoms with Gasteiger partial charge in [-0.3, -0.25) is 4.79 Å². The molecular weight excluding hydrogens is 330 g/mol. The zero-order valence-corrected chi connectivity index (χ0v) is 13.5. The molecule has 3 nitrogen and oxygen atoms in total. The highest BCUT2D eigenvalue weighted by Crippen LogP contribution is 2.25. The van der Waals surface area contributed by atoms with Crippen molar-refractivity contribution in [1.29, 1.82) is 0 Å². The van der Waals surface area contributed by atoms with E-state index in [1.54, 1.807) is 7.11 Å². The Bertz CT molecular complexity index is 640. The van der Waals surface area contributed by atoms with Crippen LogP contribution in [-0.4, -0.2) is 12.9 Å². The first-order valence-corrected chi connectivity index (χ1v) is 7.54. The van der Waals surface area contributed by atoms with Crippen molar-refractivity contribution in [3.8, 4) is 5.75 Å². The predicted molar refractivity (Wildman–Crippen MR) is 87.4 cm³/mol. The highest BCUT2D eigenvalue weighted by atomic mass is 79.9. The molecule has 0 aliphatic carbocycles. The average molecular weight is 348 g/mol. The number of carbonyl (C=O) groups is 1. The molecule has 110 valence electrons. The van der Waals surface area contributed by atoms with Crippen LogP contribution in [0.15, 0.2) is 46.9 Å². The fourth-order valence-electron chi connectivity index (χ4n) is 2.25. The molecular formula is C17H18BrNO2. The van der Waals surface area contributed by atoms with Gasteiger partial charge in [-0.2, -0.15) is 0 Å². The van der Waals surface area contributed by atoms with Crippen LogP contribution in [0.4, 0.5) is 0 Å². The molecule has 0 aliphatic rings. The molecule has 0 amide bonds. The van der Waals surface area contributed by atoms with Gasteiger partial charge in [-0.1, -0.05) is 30.3 Å². The Balaban J connectivity index is 2.06. The molecule has 2 aromatic rings. The molecule has 2 rings (SSSR count). The first-order chi connectivity index (χ1) is 10.1. The van der Waals surface area contributed by atoms with Crippen LogP contribution in [-0.2, 0) is 24.2 Å². The van der Waals surface area contributed by atoms with Crippen molar-refractivity contribution in [3.63, 3.8) is 0 Å². The van der Waals surface area contributed by atoms with Gasteiger partial charge < -0.3 is 10.5 Å². The fourth-order valence-corrected chi connectivity index (χ4v) is 2.84. The molecule has 2 N–H and O–H groups in total. The molecule has 2 aromatic carbocycles. The van der Waals surface area contributed by atoms with E-state index in [4.69, 9.17) is 10.5 Å². The van der Waals surface area contributed by atoms with Gasteiger partial charge in [0.15, 0.2) is 0 Å². The topological polar surface area (TPSA) is 52.3 Å². The van der Waals surface area contributed by atoms with E-state index in [2.05, 4.69) is 15.9 Å². The van der Waals surface area contributed by atoms with Crippen LogP contribution < -0.4 is 10.5 Å². The van der Waals surface area contributed by atoms with Crippen LogP contribution in [0.5, 0.6) is 5.75 Å². The van der Waals surface area contributed by atoms with Gasteiger partial charge in [0.05, 0.1) is 11.6 Å². The van der Waals surface area contributed by atoms with Gasteiger partial charge in [0.25, 0.3) is 0 Å². The number of ketones is 1. The number of rotatable bonds is 6. The average Bonchev–Trinajstić information content (AvgIpc) is 2.48. The standard InChI is InChI=1S/C17H18BrNO2/c1-21-17-7-6-12(9-16(17)18)8-15(20)10-13-4-2-3-5-14(13)11-19/h2-7,9H,8,10-11,19H2,1H3. The van der Waals surface area contributed by atoms with Crippen molar-refractivity contribution < 1.29 is 9.53 Å². The van der Waals surface area contributed by atoms with E-state index in [9.17, 15) is 4.79 Å². The van der Waals surface area contributed by atoms with Crippen molar-refractivity contribution in [2.24, 2.45) is 5.73 Å². The third-order valence-corrected chi connectivity index (χ3v) is 3.96. The first-order valence-electron chi connectivity index (χ1n) is 6.75. The molecule has 0 bridgehead atoms. The Kier molecular flexibility index (Phi) is 5.53. The van der Waals surface area contributed by atoms with E-state index < -0.39 is 0 Å². The van der Waals surface area contributed by atoms with Crippen LogP contribution >= 0.6 is 15.9 Å². The molecule has 0 aliphatic heterocycles. The van der Waals surface area contributed by atoms with Crippen LogP contribution in [0.3, 0.4) is 0 Å². The summed E-state index contributed by atoms with van der Waals surface area (Å²) in [6.07, 6.45) is 0.818. The molecule has 0 saturated heterocycles. The number of hydrogen-bond donors (Lipinski definition) is 1. The second kappa shape index (κ2) is 7.38. The lowest BCUT2D eigenvalue weighted by atomic mass is 9.99.